The second-order valence-corrected chi connectivity index (χ2v) is 4.92. The van der Waals surface area contributed by atoms with Gasteiger partial charge in [0.15, 0.2) is 0 Å². The van der Waals surface area contributed by atoms with Crippen molar-refractivity contribution in [2.75, 3.05) is 0 Å². The van der Waals surface area contributed by atoms with Crippen LogP contribution in [-0.4, -0.2) is 0 Å². The van der Waals surface area contributed by atoms with Gasteiger partial charge in [0, 0.05) is 32.7 Å². The largest absolute Gasteiger partial charge is 0.225 e. The first kappa shape index (κ1) is 14.4. The van der Waals surface area contributed by atoms with Crippen LogP contribution < -0.4 is 0 Å². The van der Waals surface area contributed by atoms with Gasteiger partial charge in [-0.1, -0.05) is 42.5 Å². The fraction of sp³-hybridized carbons (Fsp3) is 0. The molecule has 1 heteroatoms. The van der Waals surface area contributed by atoms with Gasteiger partial charge in [0.1, 0.15) is 0 Å². The third-order valence-electron chi connectivity index (χ3n) is 3.67. The summed E-state index contributed by atoms with van der Waals surface area (Å²) in [7, 11) is 0. The van der Waals surface area contributed by atoms with E-state index in [1.165, 1.54) is 21.5 Å². The van der Waals surface area contributed by atoms with Crippen LogP contribution in [0, 0.1) is 12.1 Å². The second-order valence-electron chi connectivity index (χ2n) is 4.92. The Morgan fingerprint density at radius 2 is 1.38 bits per heavy atom. The Labute approximate surface area is 149 Å². The minimum absolute atomic E-state index is 0. The van der Waals surface area contributed by atoms with Gasteiger partial charge in [-0.3, -0.25) is 0 Å². The van der Waals surface area contributed by atoms with Crippen molar-refractivity contribution < 1.29 is 32.7 Å². The molecule has 0 N–H and O–H groups in total. The van der Waals surface area contributed by atoms with Crippen LogP contribution in [-0.2, 0) is 32.7 Å². The van der Waals surface area contributed by atoms with Gasteiger partial charge in [0.05, 0.1) is 0 Å². The number of rotatable bonds is 1. The molecule has 97 valence electrons. The molecule has 0 fully saturated rings. The molecule has 4 rings (SSSR count). The van der Waals surface area contributed by atoms with Crippen LogP contribution >= 0.6 is 0 Å². The Morgan fingerprint density at radius 3 is 2.24 bits per heavy atom. The van der Waals surface area contributed by atoms with Gasteiger partial charge in [-0.05, 0) is 0 Å². The van der Waals surface area contributed by atoms with Crippen molar-refractivity contribution in [1.29, 1.82) is 0 Å². The van der Waals surface area contributed by atoms with Crippen molar-refractivity contribution in [2.24, 2.45) is 0 Å². The van der Waals surface area contributed by atoms with Crippen molar-refractivity contribution in [3.8, 4) is 11.1 Å². The van der Waals surface area contributed by atoms with E-state index >= 15 is 0 Å². The van der Waals surface area contributed by atoms with Crippen LogP contribution in [0.15, 0.2) is 72.8 Å². The van der Waals surface area contributed by atoms with Crippen LogP contribution in [0.3, 0.4) is 0 Å². The van der Waals surface area contributed by atoms with Crippen molar-refractivity contribution in [1.82, 2.24) is 0 Å². The van der Waals surface area contributed by atoms with Gasteiger partial charge >= 0.3 is 0 Å². The van der Waals surface area contributed by atoms with Gasteiger partial charge in [-0.15, -0.1) is 39.7 Å². The van der Waals surface area contributed by atoms with Gasteiger partial charge in [-0.2, -0.15) is 24.3 Å². The van der Waals surface area contributed by atoms with Crippen LogP contribution in [0.5, 0.6) is 0 Å². The molecule has 4 aromatic carbocycles. The molecular formula is C20H12Y-2. The maximum atomic E-state index is 3.39. The topological polar surface area (TPSA) is 0 Å². The van der Waals surface area contributed by atoms with E-state index in [4.69, 9.17) is 0 Å². The van der Waals surface area contributed by atoms with E-state index in [1.54, 1.807) is 0 Å². The van der Waals surface area contributed by atoms with E-state index in [0.717, 1.165) is 11.1 Å². The van der Waals surface area contributed by atoms with Crippen LogP contribution in [0.2, 0.25) is 0 Å². The van der Waals surface area contributed by atoms with Crippen molar-refractivity contribution in [2.45, 2.75) is 0 Å². The zero-order valence-electron chi connectivity index (χ0n) is 11.5. The predicted octanol–water partition coefficient (Wildman–Crippen LogP) is 5.26. The summed E-state index contributed by atoms with van der Waals surface area (Å²) < 4.78 is 0. The third kappa shape index (κ3) is 2.66. The molecule has 0 amide bonds. The smallest absolute Gasteiger partial charge is 0 e. The summed E-state index contributed by atoms with van der Waals surface area (Å²) in [6, 6.07) is 31.9. The zero-order valence-corrected chi connectivity index (χ0v) is 14.3. The molecule has 1 radical (unpaired) electrons. The van der Waals surface area contributed by atoms with E-state index in [1.807, 2.05) is 6.07 Å². The Kier molecular flexibility index (Phi) is 4.19. The quantitative estimate of drug-likeness (QED) is 0.415. The number of hydrogen-bond donors (Lipinski definition) is 0. The summed E-state index contributed by atoms with van der Waals surface area (Å²) in [5, 5.41) is 4.92. The van der Waals surface area contributed by atoms with Gasteiger partial charge in [-0.25, -0.2) is 11.1 Å². The van der Waals surface area contributed by atoms with Crippen molar-refractivity contribution in [3.63, 3.8) is 0 Å². The third-order valence-corrected chi connectivity index (χ3v) is 3.67. The van der Waals surface area contributed by atoms with Crippen molar-refractivity contribution >= 4 is 21.5 Å². The average Bonchev–Trinajstić information content (AvgIpc) is 2.54. The van der Waals surface area contributed by atoms with Crippen LogP contribution in [0.1, 0.15) is 0 Å². The van der Waals surface area contributed by atoms with E-state index in [2.05, 4.69) is 78.9 Å². The predicted molar refractivity (Wildman–Crippen MR) is 84.6 cm³/mol. The SMILES string of the molecule is [Y].[c-]1cc2ccccc2cc1-c1[c-]ccc2ccccc12. The molecular weight excluding hydrogens is 329 g/mol. The number of benzene rings is 4. The summed E-state index contributed by atoms with van der Waals surface area (Å²) >= 11 is 0. The first-order chi connectivity index (χ1) is 9.92. The van der Waals surface area contributed by atoms with Crippen LogP contribution in [0.4, 0.5) is 0 Å². The zero-order chi connectivity index (χ0) is 13.4. The first-order valence-corrected chi connectivity index (χ1v) is 6.72. The molecule has 0 bridgehead atoms. The molecule has 0 nitrogen and oxygen atoms in total. The second kappa shape index (κ2) is 6.09. The molecule has 0 atom stereocenters. The summed E-state index contributed by atoms with van der Waals surface area (Å²) in [6.45, 7) is 0. The first-order valence-electron chi connectivity index (χ1n) is 6.72. The minimum Gasteiger partial charge on any atom is -0.225 e. The van der Waals surface area contributed by atoms with Crippen molar-refractivity contribution in [3.05, 3.63) is 84.9 Å². The molecule has 0 unspecified atom stereocenters. The average molecular weight is 341 g/mol. The fourth-order valence-electron chi connectivity index (χ4n) is 2.66. The van der Waals surface area contributed by atoms with E-state index in [9.17, 15) is 0 Å². The standard InChI is InChI=1S/C20H12.Y/c1-2-8-17-14-18(13-12-15(17)6-1)20-11-5-9-16-7-3-4-10-19(16)20;/h1-10,12,14H;/q-2;. The molecule has 0 aromatic heterocycles. The normalized spacial score (nSPS) is 10.5. The summed E-state index contributed by atoms with van der Waals surface area (Å²) in [4.78, 5) is 0. The Bertz CT molecular complexity index is 904. The van der Waals surface area contributed by atoms with E-state index < -0.39 is 0 Å². The maximum absolute atomic E-state index is 3.39. The molecule has 4 aromatic rings. The molecule has 0 aliphatic heterocycles. The van der Waals surface area contributed by atoms with Crippen LogP contribution in [0.25, 0.3) is 32.7 Å². The van der Waals surface area contributed by atoms with E-state index in [-0.39, 0.29) is 32.7 Å². The molecule has 0 spiro atoms. The minimum atomic E-state index is 0. The molecule has 0 aliphatic carbocycles. The summed E-state index contributed by atoms with van der Waals surface area (Å²) in [6.07, 6.45) is 0. The maximum Gasteiger partial charge on any atom is 0 e. The Hall–Kier alpha value is -1.50. The van der Waals surface area contributed by atoms with Gasteiger partial charge in [0.2, 0.25) is 0 Å². The van der Waals surface area contributed by atoms with Gasteiger partial charge in [0.25, 0.3) is 0 Å². The Morgan fingerprint density at radius 1 is 0.667 bits per heavy atom. The summed E-state index contributed by atoms with van der Waals surface area (Å²) in [5.74, 6) is 0. The number of fused-ring (bicyclic) bond motifs is 2. The Balaban J connectivity index is 0.00000132. The fourth-order valence-corrected chi connectivity index (χ4v) is 2.66. The molecule has 0 saturated heterocycles. The molecule has 21 heavy (non-hydrogen) atoms. The van der Waals surface area contributed by atoms with Gasteiger partial charge < -0.3 is 0 Å². The molecule has 0 saturated carbocycles. The van der Waals surface area contributed by atoms with E-state index in [0.29, 0.717) is 0 Å². The number of hydrogen-bond acceptors (Lipinski definition) is 0. The summed E-state index contributed by atoms with van der Waals surface area (Å²) in [5.41, 5.74) is 2.22. The monoisotopic (exact) mass is 341 g/mol. The molecule has 0 heterocycles. The molecule has 0 aliphatic rings.